The number of halogens is 3. The third-order valence-electron chi connectivity index (χ3n) is 4.07. The first kappa shape index (κ1) is 15.3. The predicted molar refractivity (Wildman–Crippen MR) is 71.5 cm³/mol. The summed E-state index contributed by atoms with van der Waals surface area (Å²) >= 11 is 0. The highest BCUT2D eigenvalue weighted by molar-refractivity contribution is 5.32. The van der Waals surface area contributed by atoms with Gasteiger partial charge in [0, 0.05) is 13.1 Å². The van der Waals surface area contributed by atoms with E-state index in [-0.39, 0.29) is 11.2 Å². The van der Waals surface area contributed by atoms with E-state index in [1.807, 2.05) is 13.8 Å². The highest BCUT2D eigenvalue weighted by Gasteiger charge is 2.39. The summed E-state index contributed by atoms with van der Waals surface area (Å²) in [6.45, 7) is 5.10. The molecule has 5 heteroatoms. The van der Waals surface area contributed by atoms with Crippen molar-refractivity contribution in [1.82, 2.24) is 5.32 Å². The molecule has 0 aliphatic carbocycles. The Labute approximate surface area is 117 Å². The fraction of sp³-hybridized carbons (Fsp3) is 0.600. The molecule has 0 bridgehead atoms. The number of ether oxygens (including phenoxy) is 1. The maximum atomic E-state index is 13.1. The first-order valence-electron chi connectivity index (χ1n) is 6.96. The van der Waals surface area contributed by atoms with E-state index < -0.39 is 17.8 Å². The molecule has 0 saturated carbocycles. The minimum Gasteiger partial charge on any atom is -0.364 e. The van der Waals surface area contributed by atoms with Crippen LogP contribution in [0.15, 0.2) is 24.3 Å². The van der Waals surface area contributed by atoms with Crippen LogP contribution in [0.25, 0.3) is 0 Å². The number of alkyl halides is 3. The van der Waals surface area contributed by atoms with Crippen molar-refractivity contribution >= 4 is 0 Å². The van der Waals surface area contributed by atoms with Crippen LogP contribution in [0.2, 0.25) is 0 Å². The summed E-state index contributed by atoms with van der Waals surface area (Å²) in [6.07, 6.45) is -3.35. The van der Waals surface area contributed by atoms with Crippen molar-refractivity contribution in [2.75, 3.05) is 13.1 Å². The molecule has 1 aromatic rings. The van der Waals surface area contributed by atoms with Crippen LogP contribution in [0, 0.1) is 0 Å². The van der Waals surface area contributed by atoms with Crippen LogP contribution in [0.3, 0.4) is 0 Å². The molecule has 0 amide bonds. The molecule has 1 atom stereocenters. The Morgan fingerprint density at radius 1 is 1.25 bits per heavy atom. The second-order valence-corrected chi connectivity index (χ2v) is 5.21. The van der Waals surface area contributed by atoms with E-state index in [0.29, 0.717) is 13.1 Å². The van der Waals surface area contributed by atoms with E-state index in [2.05, 4.69) is 5.32 Å². The number of nitrogens with one attached hydrogen (secondary N) is 1. The smallest absolute Gasteiger partial charge is 0.364 e. The predicted octanol–water partition coefficient (Wildman–Crippen LogP) is 3.93. The zero-order valence-corrected chi connectivity index (χ0v) is 11.8. The molecule has 112 valence electrons. The lowest BCUT2D eigenvalue weighted by Gasteiger charge is -2.41. The summed E-state index contributed by atoms with van der Waals surface area (Å²) in [5.41, 5.74) is -0.755. The molecule has 1 fully saturated rings. The minimum atomic E-state index is -4.35. The summed E-state index contributed by atoms with van der Waals surface area (Å²) in [5.74, 6) is 0. The van der Waals surface area contributed by atoms with Crippen LogP contribution in [-0.4, -0.2) is 18.7 Å². The second-order valence-electron chi connectivity index (χ2n) is 5.21. The van der Waals surface area contributed by atoms with Gasteiger partial charge < -0.3 is 10.1 Å². The first-order valence-corrected chi connectivity index (χ1v) is 6.96. The Kier molecular flexibility index (Phi) is 4.39. The monoisotopic (exact) mass is 287 g/mol. The molecule has 1 saturated heterocycles. The van der Waals surface area contributed by atoms with Gasteiger partial charge in [0.05, 0.1) is 17.3 Å². The third-order valence-corrected chi connectivity index (χ3v) is 4.07. The molecule has 1 aliphatic heterocycles. The average Bonchev–Trinajstić information content (AvgIpc) is 2.46. The minimum absolute atomic E-state index is 0.221. The molecule has 1 aromatic carbocycles. The van der Waals surface area contributed by atoms with Crippen molar-refractivity contribution < 1.29 is 17.9 Å². The Bertz CT molecular complexity index is 455. The van der Waals surface area contributed by atoms with Gasteiger partial charge in [0.25, 0.3) is 0 Å². The standard InChI is InChI=1S/C15H20F3NO/c1-3-14(4-2)10-19-9-13(20-14)11-7-5-6-8-12(11)15(16,17)18/h5-8,13,19H,3-4,9-10H2,1-2H3. The van der Waals surface area contributed by atoms with Crippen molar-refractivity contribution in [2.24, 2.45) is 0 Å². The van der Waals surface area contributed by atoms with Crippen molar-refractivity contribution in [2.45, 2.75) is 44.6 Å². The lowest BCUT2D eigenvalue weighted by molar-refractivity contribution is -0.147. The van der Waals surface area contributed by atoms with E-state index in [1.54, 1.807) is 6.07 Å². The van der Waals surface area contributed by atoms with Crippen LogP contribution < -0.4 is 5.32 Å². The largest absolute Gasteiger partial charge is 0.416 e. The van der Waals surface area contributed by atoms with Gasteiger partial charge in [-0.2, -0.15) is 13.2 Å². The SMILES string of the molecule is CCC1(CC)CNCC(c2ccccc2C(F)(F)F)O1. The zero-order valence-electron chi connectivity index (χ0n) is 11.8. The molecule has 0 aromatic heterocycles. The normalized spacial score (nSPS) is 22.8. The van der Waals surface area contributed by atoms with Gasteiger partial charge in [-0.3, -0.25) is 0 Å². The van der Waals surface area contributed by atoms with Crippen molar-refractivity contribution in [1.29, 1.82) is 0 Å². The highest BCUT2D eigenvalue weighted by Crippen LogP contribution is 2.38. The molecule has 2 rings (SSSR count). The van der Waals surface area contributed by atoms with Crippen molar-refractivity contribution in [3.63, 3.8) is 0 Å². The average molecular weight is 287 g/mol. The van der Waals surface area contributed by atoms with Crippen LogP contribution >= 0.6 is 0 Å². The van der Waals surface area contributed by atoms with Gasteiger partial charge in [-0.1, -0.05) is 32.0 Å². The van der Waals surface area contributed by atoms with Crippen LogP contribution in [0.1, 0.15) is 43.9 Å². The number of hydrogen-bond donors (Lipinski definition) is 1. The first-order chi connectivity index (χ1) is 9.42. The third kappa shape index (κ3) is 2.99. The van der Waals surface area contributed by atoms with E-state index >= 15 is 0 Å². The topological polar surface area (TPSA) is 21.3 Å². The number of morpholine rings is 1. The Morgan fingerprint density at radius 3 is 2.50 bits per heavy atom. The molecule has 0 radical (unpaired) electrons. The summed E-state index contributed by atoms with van der Waals surface area (Å²) in [7, 11) is 0. The molecule has 1 unspecified atom stereocenters. The van der Waals surface area contributed by atoms with Crippen LogP contribution in [0.4, 0.5) is 13.2 Å². The van der Waals surface area contributed by atoms with E-state index in [4.69, 9.17) is 4.74 Å². The van der Waals surface area contributed by atoms with Crippen molar-refractivity contribution in [3.05, 3.63) is 35.4 Å². The Hall–Kier alpha value is -1.07. The molecule has 1 heterocycles. The summed E-state index contributed by atoms with van der Waals surface area (Å²) in [6, 6.07) is 5.67. The number of benzene rings is 1. The van der Waals surface area contributed by atoms with Gasteiger partial charge in [-0.05, 0) is 24.5 Å². The summed E-state index contributed by atoms with van der Waals surface area (Å²) in [5, 5.41) is 3.21. The fourth-order valence-electron chi connectivity index (χ4n) is 2.69. The Morgan fingerprint density at radius 2 is 1.90 bits per heavy atom. The molecule has 1 aliphatic rings. The molecule has 20 heavy (non-hydrogen) atoms. The molecule has 1 N–H and O–H groups in total. The summed E-state index contributed by atoms with van der Waals surface area (Å²) in [4.78, 5) is 0. The van der Waals surface area contributed by atoms with Gasteiger partial charge in [0.15, 0.2) is 0 Å². The maximum absolute atomic E-state index is 13.1. The Balaban J connectivity index is 2.32. The molecular formula is C15H20F3NO. The van der Waals surface area contributed by atoms with Crippen LogP contribution in [0.5, 0.6) is 0 Å². The van der Waals surface area contributed by atoms with Gasteiger partial charge in [-0.25, -0.2) is 0 Å². The zero-order chi connectivity index (χ0) is 14.8. The van der Waals surface area contributed by atoms with Gasteiger partial charge in [0.1, 0.15) is 0 Å². The number of hydrogen-bond acceptors (Lipinski definition) is 2. The van der Waals surface area contributed by atoms with Gasteiger partial charge in [0.2, 0.25) is 0 Å². The molecule has 2 nitrogen and oxygen atoms in total. The van der Waals surface area contributed by atoms with E-state index in [9.17, 15) is 13.2 Å². The highest BCUT2D eigenvalue weighted by atomic mass is 19.4. The quantitative estimate of drug-likeness (QED) is 0.909. The van der Waals surface area contributed by atoms with E-state index in [0.717, 1.165) is 18.9 Å². The number of rotatable bonds is 3. The van der Waals surface area contributed by atoms with Gasteiger partial charge >= 0.3 is 6.18 Å². The van der Waals surface area contributed by atoms with Crippen LogP contribution in [-0.2, 0) is 10.9 Å². The van der Waals surface area contributed by atoms with Crippen molar-refractivity contribution in [3.8, 4) is 0 Å². The van der Waals surface area contributed by atoms with Gasteiger partial charge in [-0.15, -0.1) is 0 Å². The summed E-state index contributed by atoms with van der Waals surface area (Å²) < 4.78 is 45.3. The lowest BCUT2D eigenvalue weighted by Crippen LogP contribution is -2.50. The second kappa shape index (κ2) is 5.74. The lowest BCUT2D eigenvalue weighted by atomic mass is 9.92. The van der Waals surface area contributed by atoms with E-state index in [1.165, 1.54) is 12.1 Å². The maximum Gasteiger partial charge on any atom is 0.416 e. The molecule has 0 spiro atoms. The fourth-order valence-corrected chi connectivity index (χ4v) is 2.69. The molecular weight excluding hydrogens is 267 g/mol.